The van der Waals surface area contributed by atoms with Crippen molar-refractivity contribution in [2.24, 2.45) is 0 Å². The summed E-state index contributed by atoms with van der Waals surface area (Å²) in [5.74, 6) is -0.0448. The zero-order valence-corrected chi connectivity index (χ0v) is 47.7. The fourth-order valence-corrected chi connectivity index (χ4v) is 9.78. The van der Waals surface area contributed by atoms with Gasteiger partial charge in [-0.25, -0.2) is 0 Å². The molecule has 2 atom stereocenters. The number of aliphatic hydroxyl groups is 2. The van der Waals surface area contributed by atoms with Crippen molar-refractivity contribution in [3.63, 3.8) is 0 Å². The molecule has 0 bridgehead atoms. The number of aliphatic hydroxyl groups excluding tert-OH is 2. The summed E-state index contributed by atoms with van der Waals surface area (Å²) in [4.78, 5) is 24.5. The Labute approximate surface area is 443 Å². The molecule has 0 saturated carbocycles. The Bertz CT molecular complexity index is 1150. The Hall–Kier alpha value is -1.92. The van der Waals surface area contributed by atoms with Crippen LogP contribution in [0.3, 0.4) is 0 Å². The van der Waals surface area contributed by atoms with Crippen LogP contribution in [0.2, 0.25) is 0 Å². The van der Waals surface area contributed by atoms with E-state index in [1.54, 1.807) is 0 Å². The monoisotopic (exact) mass is 998 g/mol. The molecule has 0 aliphatic carbocycles. The van der Waals surface area contributed by atoms with Crippen LogP contribution in [0.4, 0.5) is 0 Å². The highest BCUT2D eigenvalue weighted by Gasteiger charge is 2.20. The molecule has 6 heteroatoms. The van der Waals surface area contributed by atoms with Gasteiger partial charge in [0.1, 0.15) is 0 Å². The predicted molar refractivity (Wildman–Crippen MR) is 310 cm³/mol. The van der Waals surface area contributed by atoms with Crippen molar-refractivity contribution in [3.8, 4) is 0 Å². The number of amides is 1. The number of rotatable bonds is 59. The molecule has 0 aromatic carbocycles. The zero-order chi connectivity index (χ0) is 51.4. The predicted octanol–water partition coefficient (Wildman–Crippen LogP) is 20.0. The highest BCUT2D eigenvalue weighted by molar-refractivity contribution is 5.76. The van der Waals surface area contributed by atoms with E-state index in [0.717, 1.165) is 57.8 Å². The molecular weight excluding hydrogens is 875 g/mol. The van der Waals surface area contributed by atoms with E-state index in [9.17, 15) is 19.8 Å². The summed E-state index contributed by atoms with van der Waals surface area (Å²) in [7, 11) is 0. The first-order valence-electron chi connectivity index (χ1n) is 31.7. The average Bonchev–Trinajstić information content (AvgIpc) is 3.37. The van der Waals surface area contributed by atoms with E-state index in [-0.39, 0.29) is 18.5 Å². The lowest BCUT2D eigenvalue weighted by molar-refractivity contribution is -0.143. The first-order valence-corrected chi connectivity index (χ1v) is 31.7. The van der Waals surface area contributed by atoms with Gasteiger partial charge in [-0.05, 0) is 83.5 Å². The van der Waals surface area contributed by atoms with Crippen molar-refractivity contribution in [1.29, 1.82) is 0 Å². The van der Waals surface area contributed by atoms with Crippen molar-refractivity contribution in [1.82, 2.24) is 5.32 Å². The van der Waals surface area contributed by atoms with Crippen molar-refractivity contribution < 1.29 is 24.5 Å². The van der Waals surface area contributed by atoms with E-state index in [0.29, 0.717) is 25.9 Å². The molecule has 3 N–H and O–H groups in total. The van der Waals surface area contributed by atoms with Crippen LogP contribution in [-0.2, 0) is 14.3 Å². The number of nitrogens with one attached hydrogen (secondary N) is 1. The quantitative estimate of drug-likeness (QED) is 0.0321. The molecule has 0 saturated heterocycles. The average molecular weight is 999 g/mol. The van der Waals surface area contributed by atoms with E-state index >= 15 is 0 Å². The van der Waals surface area contributed by atoms with Gasteiger partial charge >= 0.3 is 5.97 Å². The maximum Gasteiger partial charge on any atom is 0.305 e. The molecule has 6 nitrogen and oxygen atoms in total. The fourth-order valence-electron chi connectivity index (χ4n) is 9.78. The molecule has 71 heavy (non-hydrogen) atoms. The summed E-state index contributed by atoms with van der Waals surface area (Å²) in [6.07, 6.45) is 75.8. The molecule has 0 rings (SSSR count). The Morgan fingerprint density at radius 1 is 0.394 bits per heavy atom. The molecule has 0 aliphatic rings. The normalized spacial score (nSPS) is 12.8. The summed E-state index contributed by atoms with van der Waals surface area (Å²) >= 11 is 0. The van der Waals surface area contributed by atoms with E-state index in [1.165, 1.54) is 250 Å². The van der Waals surface area contributed by atoms with Gasteiger partial charge in [0.2, 0.25) is 5.91 Å². The smallest absolute Gasteiger partial charge is 0.305 e. The van der Waals surface area contributed by atoms with Crippen LogP contribution in [0.25, 0.3) is 0 Å². The standard InChI is InChI=1S/C65H123NO5/c1-3-5-7-9-11-13-15-17-19-27-30-33-37-41-45-49-53-57-63(68)62(61-67)66-64(69)58-54-50-46-42-38-34-31-28-25-23-21-20-22-24-26-29-32-36-40-44-48-52-56-60-71-65(70)59-55-51-47-43-39-35-18-16-14-12-10-8-6-4-2/h16,18,20,22-23,25,62-63,67-68H,3-15,17,19,21,24,26-61H2,1-2H3,(H,66,69)/b18-16-,22-20-,25-23-. The summed E-state index contributed by atoms with van der Waals surface area (Å²) in [6, 6.07) is -0.550. The number of carbonyl (C=O) groups excluding carboxylic acids is 2. The van der Waals surface area contributed by atoms with Gasteiger partial charge in [-0.1, -0.05) is 281 Å². The molecule has 0 aromatic heterocycles. The third kappa shape index (κ3) is 57.2. The molecule has 418 valence electrons. The maximum absolute atomic E-state index is 12.5. The van der Waals surface area contributed by atoms with E-state index in [1.807, 2.05) is 0 Å². The van der Waals surface area contributed by atoms with Crippen LogP contribution in [0.15, 0.2) is 36.5 Å². The van der Waals surface area contributed by atoms with Gasteiger partial charge in [0, 0.05) is 12.8 Å². The van der Waals surface area contributed by atoms with Crippen LogP contribution >= 0.6 is 0 Å². The molecular formula is C65H123NO5. The van der Waals surface area contributed by atoms with Crippen LogP contribution in [0.1, 0.15) is 341 Å². The van der Waals surface area contributed by atoms with Crippen molar-refractivity contribution in [2.45, 2.75) is 353 Å². The number of unbranched alkanes of at least 4 members (excludes halogenated alkanes) is 42. The number of hydrogen-bond acceptors (Lipinski definition) is 5. The van der Waals surface area contributed by atoms with Gasteiger partial charge in [-0.15, -0.1) is 0 Å². The summed E-state index contributed by atoms with van der Waals surface area (Å²) < 4.78 is 5.47. The second-order valence-electron chi connectivity index (χ2n) is 21.7. The lowest BCUT2D eigenvalue weighted by atomic mass is 10.0. The largest absolute Gasteiger partial charge is 0.466 e. The van der Waals surface area contributed by atoms with Crippen molar-refractivity contribution >= 4 is 11.9 Å². The van der Waals surface area contributed by atoms with E-state index < -0.39 is 12.1 Å². The molecule has 0 radical (unpaired) electrons. The molecule has 0 heterocycles. The number of carbonyl (C=O) groups is 2. The Balaban J connectivity index is 3.45. The van der Waals surface area contributed by atoms with Gasteiger partial charge in [0.25, 0.3) is 0 Å². The lowest BCUT2D eigenvalue weighted by Gasteiger charge is -2.22. The van der Waals surface area contributed by atoms with Gasteiger partial charge in [-0.3, -0.25) is 9.59 Å². The number of hydrogen-bond donors (Lipinski definition) is 3. The summed E-state index contributed by atoms with van der Waals surface area (Å²) in [5, 5.41) is 23.3. The lowest BCUT2D eigenvalue weighted by Crippen LogP contribution is -2.45. The maximum atomic E-state index is 12.5. The summed E-state index contributed by atoms with van der Waals surface area (Å²) in [5.41, 5.74) is 0. The number of allylic oxidation sites excluding steroid dienone is 6. The van der Waals surface area contributed by atoms with Crippen LogP contribution in [0, 0.1) is 0 Å². The Morgan fingerprint density at radius 2 is 0.704 bits per heavy atom. The fraction of sp³-hybridized carbons (Fsp3) is 0.877. The molecule has 2 unspecified atom stereocenters. The molecule has 0 fully saturated rings. The van der Waals surface area contributed by atoms with Crippen molar-refractivity contribution in [2.75, 3.05) is 13.2 Å². The van der Waals surface area contributed by atoms with E-state index in [4.69, 9.17) is 4.74 Å². The number of ether oxygens (including phenoxy) is 1. The third-order valence-corrected chi connectivity index (χ3v) is 14.7. The zero-order valence-electron chi connectivity index (χ0n) is 47.7. The molecule has 1 amide bonds. The SMILES string of the molecule is CCCCCCC/C=C\CCCCCCCC(=O)OCCCCCCCCCCC/C=C\C/C=C\CCCCCCCCCC(=O)NC(CO)C(O)CCCCCCCCCCCCCCCCCCC. The van der Waals surface area contributed by atoms with Gasteiger partial charge in [0.05, 0.1) is 25.4 Å². The Morgan fingerprint density at radius 3 is 1.08 bits per heavy atom. The minimum Gasteiger partial charge on any atom is -0.466 e. The van der Waals surface area contributed by atoms with Gasteiger partial charge in [0.15, 0.2) is 0 Å². The van der Waals surface area contributed by atoms with Crippen LogP contribution in [0.5, 0.6) is 0 Å². The summed E-state index contributed by atoms with van der Waals surface area (Å²) in [6.45, 7) is 4.95. The van der Waals surface area contributed by atoms with E-state index in [2.05, 4.69) is 55.6 Å². The minimum atomic E-state index is -0.671. The minimum absolute atomic E-state index is 0.00133. The molecule has 0 spiro atoms. The second kappa shape index (κ2) is 60.6. The third-order valence-electron chi connectivity index (χ3n) is 14.7. The van der Waals surface area contributed by atoms with Gasteiger partial charge < -0.3 is 20.3 Å². The second-order valence-corrected chi connectivity index (χ2v) is 21.7. The Kier molecular flexibility index (Phi) is 59.0. The highest BCUT2D eigenvalue weighted by atomic mass is 16.5. The first-order chi connectivity index (χ1) is 35.0. The molecule has 0 aliphatic heterocycles. The first kappa shape index (κ1) is 69.1. The molecule has 0 aromatic rings. The number of esters is 1. The van der Waals surface area contributed by atoms with Gasteiger partial charge in [-0.2, -0.15) is 0 Å². The van der Waals surface area contributed by atoms with Crippen LogP contribution in [-0.4, -0.2) is 47.4 Å². The van der Waals surface area contributed by atoms with Crippen LogP contribution < -0.4 is 5.32 Å². The highest BCUT2D eigenvalue weighted by Crippen LogP contribution is 2.17. The topological polar surface area (TPSA) is 95.9 Å². The van der Waals surface area contributed by atoms with Crippen molar-refractivity contribution in [3.05, 3.63) is 36.5 Å².